The predicted octanol–water partition coefficient (Wildman–Crippen LogP) is 0.688. The number of aliphatic hydroxyl groups is 1. The summed E-state index contributed by atoms with van der Waals surface area (Å²) in [6.45, 7) is 3.33. The Kier molecular flexibility index (Phi) is 1.75. The summed E-state index contributed by atoms with van der Waals surface area (Å²) >= 11 is 0. The zero-order chi connectivity index (χ0) is 8.66. The molecule has 1 aliphatic carbocycles. The lowest BCUT2D eigenvalue weighted by atomic mass is 9.84. The van der Waals surface area contributed by atoms with E-state index in [1.54, 1.807) is 0 Å². The standard InChI is InChI=1S/C9H14O3/c1-8(7-10)3-2-4-9(8)11-5-6-12-9/h2,4,10H,3,5-7H2,1H3. The molecule has 1 saturated heterocycles. The van der Waals surface area contributed by atoms with Gasteiger partial charge in [-0.1, -0.05) is 13.0 Å². The van der Waals surface area contributed by atoms with E-state index in [2.05, 4.69) is 0 Å². The Labute approximate surface area is 72.0 Å². The number of hydrogen-bond acceptors (Lipinski definition) is 3. The molecule has 0 saturated carbocycles. The lowest BCUT2D eigenvalue weighted by molar-refractivity contribution is -0.198. The Bertz CT molecular complexity index is 206. The number of aliphatic hydroxyl groups excluding tert-OH is 1. The molecular weight excluding hydrogens is 156 g/mol. The van der Waals surface area contributed by atoms with Gasteiger partial charge in [-0.05, 0) is 12.5 Å². The molecule has 2 rings (SSSR count). The minimum absolute atomic E-state index is 0.0972. The Morgan fingerprint density at radius 2 is 2.08 bits per heavy atom. The fourth-order valence-electron chi connectivity index (χ4n) is 1.87. The van der Waals surface area contributed by atoms with Gasteiger partial charge in [-0.15, -0.1) is 0 Å². The lowest BCUT2D eigenvalue weighted by Crippen LogP contribution is -2.45. The van der Waals surface area contributed by atoms with Crippen LogP contribution in [0.5, 0.6) is 0 Å². The van der Waals surface area contributed by atoms with Gasteiger partial charge in [0, 0.05) is 0 Å². The summed E-state index contributed by atoms with van der Waals surface area (Å²) in [5.41, 5.74) is -0.288. The zero-order valence-corrected chi connectivity index (χ0v) is 7.25. The van der Waals surface area contributed by atoms with Gasteiger partial charge in [-0.2, -0.15) is 0 Å². The van der Waals surface area contributed by atoms with Crippen molar-refractivity contribution in [1.82, 2.24) is 0 Å². The molecule has 1 N–H and O–H groups in total. The monoisotopic (exact) mass is 170 g/mol. The van der Waals surface area contributed by atoms with E-state index in [4.69, 9.17) is 9.47 Å². The smallest absolute Gasteiger partial charge is 0.195 e. The van der Waals surface area contributed by atoms with Crippen LogP contribution in [0.1, 0.15) is 13.3 Å². The van der Waals surface area contributed by atoms with E-state index in [1.807, 2.05) is 19.1 Å². The Balaban J connectivity index is 2.27. The van der Waals surface area contributed by atoms with E-state index in [0.717, 1.165) is 6.42 Å². The van der Waals surface area contributed by atoms with Crippen molar-refractivity contribution in [3.8, 4) is 0 Å². The Hall–Kier alpha value is -0.380. The second kappa shape index (κ2) is 2.55. The summed E-state index contributed by atoms with van der Waals surface area (Å²) in [7, 11) is 0. The quantitative estimate of drug-likeness (QED) is 0.588. The second-order valence-electron chi connectivity index (χ2n) is 3.69. The van der Waals surface area contributed by atoms with Crippen molar-refractivity contribution < 1.29 is 14.6 Å². The summed E-state index contributed by atoms with van der Waals surface area (Å²) in [4.78, 5) is 0. The highest BCUT2D eigenvalue weighted by atomic mass is 16.7. The van der Waals surface area contributed by atoms with Crippen molar-refractivity contribution in [1.29, 1.82) is 0 Å². The van der Waals surface area contributed by atoms with E-state index in [-0.39, 0.29) is 12.0 Å². The molecule has 0 radical (unpaired) electrons. The first kappa shape index (κ1) is 8.23. The summed E-state index contributed by atoms with van der Waals surface area (Å²) < 4.78 is 11.1. The highest BCUT2D eigenvalue weighted by Crippen LogP contribution is 2.46. The highest BCUT2D eigenvalue weighted by molar-refractivity contribution is 5.16. The van der Waals surface area contributed by atoms with Gasteiger partial charge in [0.05, 0.1) is 25.2 Å². The van der Waals surface area contributed by atoms with Gasteiger partial charge in [0.15, 0.2) is 5.79 Å². The molecule has 3 heteroatoms. The van der Waals surface area contributed by atoms with E-state index >= 15 is 0 Å². The third kappa shape index (κ3) is 0.873. The van der Waals surface area contributed by atoms with E-state index < -0.39 is 5.79 Å². The van der Waals surface area contributed by atoms with Crippen molar-refractivity contribution >= 4 is 0 Å². The largest absolute Gasteiger partial charge is 0.396 e. The third-order valence-electron chi connectivity index (χ3n) is 2.81. The molecule has 0 amide bonds. The first-order valence-electron chi connectivity index (χ1n) is 4.29. The number of hydrogen-bond donors (Lipinski definition) is 1. The SMILES string of the molecule is CC1(CO)CC=CC12OCCO2. The highest BCUT2D eigenvalue weighted by Gasteiger charge is 2.53. The molecule has 68 valence electrons. The molecule has 2 aliphatic rings. The zero-order valence-electron chi connectivity index (χ0n) is 7.25. The van der Waals surface area contributed by atoms with Crippen LogP contribution in [-0.4, -0.2) is 30.7 Å². The molecule has 1 spiro atoms. The van der Waals surface area contributed by atoms with Crippen LogP contribution in [0.3, 0.4) is 0 Å². The first-order chi connectivity index (χ1) is 5.72. The maximum Gasteiger partial charge on any atom is 0.195 e. The molecule has 1 heterocycles. The normalized spacial score (nSPS) is 38.2. The van der Waals surface area contributed by atoms with E-state index in [1.165, 1.54) is 0 Å². The molecule has 1 fully saturated rings. The molecule has 0 aromatic heterocycles. The van der Waals surface area contributed by atoms with Crippen molar-refractivity contribution in [2.75, 3.05) is 19.8 Å². The molecule has 12 heavy (non-hydrogen) atoms. The molecule has 3 nitrogen and oxygen atoms in total. The van der Waals surface area contributed by atoms with Gasteiger partial charge in [0.2, 0.25) is 0 Å². The van der Waals surface area contributed by atoms with Gasteiger partial charge in [-0.25, -0.2) is 0 Å². The summed E-state index contributed by atoms with van der Waals surface area (Å²) in [6.07, 6.45) is 4.77. The van der Waals surface area contributed by atoms with E-state index in [9.17, 15) is 5.11 Å². The van der Waals surface area contributed by atoms with Crippen LogP contribution in [0.2, 0.25) is 0 Å². The van der Waals surface area contributed by atoms with Crippen LogP contribution in [0.15, 0.2) is 12.2 Å². The molecular formula is C9H14O3. The fourth-order valence-corrected chi connectivity index (χ4v) is 1.87. The molecule has 1 atom stereocenters. The maximum atomic E-state index is 9.25. The van der Waals surface area contributed by atoms with Crippen LogP contribution in [0, 0.1) is 5.41 Å². The van der Waals surface area contributed by atoms with Crippen molar-refractivity contribution in [3.05, 3.63) is 12.2 Å². The molecule has 0 bridgehead atoms. The van der Waals surface area contributed by atoms with Crippen molar-refractivity contribution in [2.24, 2.45) is 5.41 Å². The van der Waals surface area contributed by atoms with Gasteiger partial charge in [-0.3, -0.25) is 0 Å². The Morgan fingerprint density at radius 3 is 2.67 bits per heavy atom. The van der Waals surface area contributed by atoms with Crippen molar-refractivity contribution in [2.45, 2.75) is 19.1 Å². The third-order valence-corrected chi connectivity index (χ3v) is 2.81. The van der Waals surface area contributed by atoms with Gasteiger partial charge in [0.1, 0.15) is 0 Å². The Morgan fingerprint density at radius 1 is 1.42 bits per heavy atom. The molecule has 1 unspecified atom stereocenters. The average molecular weight is 170 g/mol. The average Bonchev–Trinajstić information content (AvgIpc) is 2.64. The second-order valence-corrected chi connectivity index (χ2v) is 3.69. The maximum absolute atomic E-state index is 9.25. The summed E-state index contributed by atoms with van der Waals surface area (Å²) in [6, 6.07) is 0. The number of ether oxygens (including phenoxy) is 2. The van der Waals surface area contributed by atoms with Gasteiger partial charge >= 0.3 is 0 Å². The topological polar surface area (TPSA) is 38.7 Å². The van der Waals surface area contributed by atoms with Crippen LogP contribution in [0.25, 0.3) is 0 Å². The number of allylic oxidation sites excluding steroid dienone is 1. The lowest BCUT2D eigenvalue weighted by Gasteiger charge is -2.36. The molecule has 0 aromatic carbocycles. The summed E-state index contributed by atoms with van der Waals surface area (Å²) in [5, 5.41) is 9.25. The number of rotatable bonds is 1. The van der Waals surface area contributed by atoms with Gasteiger partial charge in [0.25, 0.3) is 0 Å². The van der Waals surface area contributed by atoms with Crippen LogP contribution >= 0.6 is 0 Å². The van der Waals surface area contributed by atoms with Crippen LogP contribution in [-0.2, 0) is 9.47 Å². The minimum Gasteiger partial charge on any atom is -0.396 e. The molecule has 1 aliphatic heterocycles. The van der Waals surface area contributed by atoms with E-state index in [0.29, 0.717) is 13.2 Å². The summed E-state index contributed by atoms with van der Waals surface area (Å²) in [5.74, 6) is -0.637. The first-order valence-corrected chi connectivity index (χ1v) is 4.29. The molecule has 0 aromatic rings. The van der Waals surface area contributed by atoms with Crippen molar-refractivity contribution in [3.63, 3.8) is 0 Å². The van der Waals surface area contributed by atoms with Crippen LogP contribution in [0.4, 0.5) is 0 Å². The van der Waals surface area contributed by atoms with Gasteiger partial charge < -0.3 is 14.6 Å². The predicted molar refractivity (Wildman–Crippen MR) is 43.6 cm³/mol. The minimum atomic E-state index is -0.637. The fraction of sp³-hybridized carbons (Fsp3) is 0.778. The van der Waals surface area contributed by atoms with Crippen LogP contribution < -0.4 is 0 Å².